The van der Waals surface area contributed by atoms with Crippen molar-refractivity contribution in [3.8, 4) is 0 Å². The van der Waals surface area contributed by atoms with Crippen LogP contribution in [0, 0.1) is 0 Å². The Morgan fingerprint density at radius 1 is 1.04 bits per heavy atom. The van der Waals surface area contributed by atoms with E-state index in [0.717, 1.165) is 50.1 Å². The van der Waals surface area contributed by atoms with Gasteiger partial charge in [0.25, 0.3) is 11.1 Å². The molecular formula is C19H25N4O3S+. The highest BCUT2D eigenvalue weighted by atomic mass is 32.2. The Labute approximate surface area is 162 Å². The van der Waals surface area contributed by atoms with Crippen LogP contribution in [-0.4, -0.2) is 78.2 Å². The summed E-state index contributed by atoms with van der Waals surface area (Å²) in [5.74, 6) is 0.690. The van der Waals surface area contributed by atoms with Gasteiger partial charge in [-0.1, -0.05) is 23.9 Å². The fourth-order valence-corrected chi connectivity index (χ4v) is 4.41. The van der Waals surface area contributed by atoms with Gasteiger partial charge in [0.15, 0.2) is 12.1 Å². The molecule has 0 bridgehead atoms. The van der Waals surface area contributed by atoms with Crippen LogP contribution < -0.4 is 4.90 Å². The normalized spacial score (nSPS) is 18.4. The predicted molar refractivity (Wildman–Crippen MR) is 103 cm³/mol. The molecule has 0 radical (unpaired) electrons. The van der Waals surface area contributed by atoms with E-state index in [2.05, 4.69) is 4.98 Å². The van der Waals surface area contributed by atoms with E-state index >= 15 is 0 Å². The van der Waals surface area contributed by atoms with Crippen LogP contribution in [0.3, 0.4) is 0 Å². The zero-order valence-electron chi connectivity index (χ0n) is 15.4. The molecule has 0 aliphatic carbocycles. The minimum atomic E-state index is 0.104. The number of likely N-dealkylation sites (tertiary alicyclic amines) is 1. The number of nitrogens with one attached hydrogen (secondary N) is 1. The number of carbonyl (C=O) groups excluding carboxylic acids is 2. The third-order valence-electron chi connectivity index (χ3n) is 5.28. The highest BCUT2D eigenvalue weighted by Gasteiger charge is 2.28. The van der Waals surface area contributed by atoms with Gasteiger partial charge in [-0.2, -0.15) is 0 Å². The molecule has 27 heavy (non-hydrogen) atoms. The Kier molecular flexibility index (Phi) is 5.63. The summed E-state index contributed by atoms with van der Waals surface area (Å²) < 4.78 is 5.65. The first-order valence-corrected chi connectivity index (χ1v) is 10.5. The lowest BCUT2D eigenvalue weighted by atomic mass is 10.3. The topological polar surface area (TPSA) is 71.1 Å². The van der Waals surface area contributed by atoms with Crippen LogP contribution in [0.15, 0.2) is 33.9 Å². The number of oxazole rings is 1. The zero-order valence-corrected chi connectivity index (χ0v) is 16.2. The molecule has 1 aromatic heterocycles. The second-order valence-corrected chi connectivity index (χ2v) is 8.06. The van der Waals surface area contributed by atoms with Crippen molar-refractivity contribution in [2.24, 2.45) is 0 Å². The molecule has 8 heteroatoms. The van der Waals surface area contributed by atoms with E-state index in [4.69, 9.17) is 4.42 Å². The standard InChI is InChI=1S/C19H24N4O3S/c24-17(22-7-3-4-8-22)13-21-9-11-23(12-10-21)18(25)14-27-19-20-15-5-1-2-6-16(15)26-19/h1-2,5-6H,3-4,7-14H2/p+1. The van der Waals surface area contributed by atoms with Gasteiger partial charge in [-0.25, -0.2) is 4.98 Å². The second-order valence-electron chi connectivity index (χ2n) is 7.13. The molecule has 0 saturated carbocycles. The summed E-state index contributed by atoms with van der Waals surface area (Å²) in [5.41, 5.74) is 1.56. The number of fused-ring (bicyclic) bond motifs is 1. The summed E-state index contributed by atoms with van der Waals surface area (Å²) in [7, 11) is 0. The molecule has 0 atom stereocenters. The molecule has 2 fully saturated rings. The van der Waals surface area contributed by atoms with Crippen LogP contribution in [0.25, 0.3) is 11.1 Å². The van der Waals surface area contributed by atoms with Gasteiger partial charge in [0.1, 0.15) is 5.52 Å². The lowest BCUT2D eigenvalue weighted by Gasteiger charge is -2.32. The van der Waals surface area contributed by atoms with Crippen molar-refractivity contribution in [1.29, 1.82) is 0 Å². The van der Waals surface area contributed by atoms with Crippen molar-refractivity contribution in [2.45, 2.75) is 18.1 Å². The molecule has 1 aromatic carbocycles. The van der Waals surface area contributed by atoms with Gasteiger partial charge >= 0.3 is 0 Å². The first-order chi connectivity index (χ1) is 13.2. The first-order valence-electron chi connectivity index (χ1n) is 9.56. The fourth-order valence-electron chi connectivity index (χ4n) is 3.67. The summed E-state index contributed by atoms with van der Waals surface area (Å²) >= 11 is 1.34. The van der Waals surface area contributed by atoms with Crippen LogP contribution in [0.2, 0.25) is 0 Å². The van der Waals surface area contributed by atoms with Crippen molar-refractivity contribution >= 4 is 34.7 Å². The molecule has 2 amide bonds. The predicted octanol–water partition coefficient (Wildman–Crippen LogP) is 0.269. The van der Waals surface area contributed by atoms with Crippen molar-refractivity contribution in [3.63, 3.8) is 0 Å². The van der Waals surface area contributed by atoms with Gasteiger partial charge in [0.05, 0.1) is 31.9 Å². The van der Waals surface area contributed by atoms with E-state index in [1.807, 2.05) is 34.1 Å². The number of rotatable bonds is 5. The van der Waals surface area contributed by atoms with E-state index in [1.54, 1.807) is 0 Å². The van der Waals surface area contributed by atoms with E-state index in [-0.39, 0.29) is 11.8 Å². The highest BCUT2D eigenvalue weighted by Crippen LogP contribution is 2.23. The molecule has 0 unspecified atom stereocenters. The lowest BCUT2D eigenvalue weighted by Crippen LogP contribution is -3.15. The number of benzene rings is 1. The summed E-state index contributed by atoms with van der Waals surface area (Å²) in [5, 5.41) is 0.532. The summed E-state index contributed by atoms with van der Waals surface area (Å²) in [6.07, 6.45) is 2.25. The Hall–Kier alpha value is -2.06. The maximum Gasteiger partial charge on any atom is 0.277 e. The van der Waals surface area contributed by atoms with E-state index in [0.29, 0.717) is 30.6 Å². The molecule has 2 saturated heterocycles. The molecule has 144 valence electrons. The number of piperazine rings is 1. The Morgan fingerprint density at radius 2 is 1.74 bits per heavy atom. The number of para-hydroxylation sites is 2. The van der Waals surface area contributed by atoms with Gasteiger partial charge in [0, 0.05) is 13.1 Å². The number of aromatic nitrogens is 1. The van der Waals surface area contributed by atoms with E-state index < -0.39 is 0 Å². The molecule has 3 heterocycles. The lowest BCUT2D eigenvalue weighted by molar-refractivity contribution is -0.896. The van der Waals surface area contributed by atoms with E-state index in [9.17, 15) is 9.59 Å². The summed E-state index contributed by atoms with van der Waals surface area (Å²) in [4.78, 5) is 34.3. The average molecular weight is 390 g/mol. The quantitative estimate of drug-likeness (QED) is 0.744. The molecule has 4 rings (SSSR count). The highest BCUT2D eigenvalue weighted by molar-refractivity contribution is 7.99. The third kappa shape index (κ3) is 4.44. The van der Waals surface area contributed by atoms with Crippen molar-refractivity contribution in [1.82, 2.24) is 14.8 Å². The number of quaternary nitrogens is 1. The average Bonchev–Trinajstić information content (AvgIpc) is 3.36. The minimum Gasteiger partial charge on any atom is -0.431 e. The zero-order chi connectivity index (χ0) is 18.6. The van der Waals surface area contributed by atoms with Crippen LogP contribution in [0.1, 0.15) is 12.8 Å². The third-order valence-corrected chi connectivity index (χ3v) is 6.09. The first kappa shape index (κ1) is 18.3. The van der Waals surface area contributed by atoms with Gasteiger partial charge in [-0.3, -0.25) is 9.59 Å². The van der Waals surface area contributed by atoms with Crippen molar-refractivity contribution in [3.05, 3.63) is 24.3 Å². The largest absolute Gasteiger partial charge is 0.431 e. The molecule has 7 nitrogen and oxygen atoms in total. The van der Waals surface area contributed by atoms with Crippen LogP contribution in [0.5, 0.6) is 0 Å². The Morgan fingerprint density at radius 3 is 2.48 bits per heavy atom. The van der Waals surface area contributed by atoms with Crippen LogP contribution in [-0.2, 0) is 9.59 Å². The number of nitrogens with zero attached hydrogens (tertiary/aromatic N) is 3. The molecular weight excluding hydrogens is 364 g/mol. The SMILES string of the molecule is O=C(CSc1nc2ccccc2o1)N1CC[NH+](CC(=O)N2CCCC2)CC1. The summed E-state index contributed by atoms with van der Waals surface area (Å²) in [6.45, 7) is 5.44. The number of thioether (sulfide) groups is 1. The number of carbonyl (C=O) groups is 2. The van der Waals surface area contributed by atoms with Gasteiger partial charge in [0.2, 0.25) is 5.91 Å². The van der Waals surface area contributed by atoms with Crippen LogP contribution in [0.4, 0.5) is 0 Å². The number of hydrogen-bond donors (Lipinski definition) is 1. The molecule has 2 aliphatic rings. The van der Waals surface area contributed by atoms with Crippen molar-refractivity contribution < 1.29 is 18.9 Å². The molecule has 2 aliphatic heterocycles. The Balaban J connectivity index is 1.22. The summed E-state index contributed by atoms with van der Waals surface area (Å²) in [6, 6.07) is 7.60. The molecule has 2 aromatic rings. The number of amides is 2. The van der Waals surface area contributed by atoms with Crippen LogP contribution >= 0.6 is 11.8 Å². The van der Waals surface area contributed by atoms with Crippen molar-refractivity contribution in [2.75, 3.05) is 51.6 Å². The van der Waals surface area contributed by atoms with Gasteiger partial charge < -0.3 is 19.1 Å². The van der Waals surface area contributed by atoms with Gasteiger partial charge in [-0.05, 0) is 25.0 Å². The maximum absolute atomic E-state index is 12.5. The molecule has 1 N–H and O–H groups in total. The molecule has 0 spiro atoms. The maximum atomic E-state index is 12.5. The monoisotopic (exact) mass is 389 g/mol. The fraction of sp³-hybridized carbons (Fsp3) is 0.526. The van der Waals surface area contributed by atoms with Gasteiger partial charge in [-0.15, -0.1) is 0 Å². The van der Waals surface area contributed by atoms with E-state index in [1.165, 1.54) is 16.7 Å². The Bertz CT molecular complexity index is 777. The number of hydrogen-bond acceptors (Lipinski definition) is 5. The minimum absolute atomic E-state index is 0.104. The smallest absolute Gasteiger partial charge is 0.277 e. The second kappa shape index (κ2) is 8.31.